The molecule has 4 aromatic rings. The SMILES string of the molecule is O=S(O)c1cc(Nc2ncnc(NCCS(=O)(=O)O)n2)ccc1C=Cc1ccc(Nc2nc(NCCS(=O)(=O)O)nc(N(C(CO)CO)C(CO)CO)n2)cc1S(=O)(=O)O. The van der Waals surface area contributed by atoms with Crippen molar-refractivity contribution in [2.45, 2.75) is 21.9 Å². The van der Waals surface area contributed by atoms with Crippen molar-refractivity contribution in [3.8, 4) is 0 Å². The molecule has 328 valence electrons. The lowest BCUT2D eigenvalue weighted by molar-refractivity contribution is 0.142. The Balaban J connectivity index is 1.66. The van der Waals surface area contributed by atoms with Crippen LogP contribution in [0, 0.1) is 0 Å². The van der Waals surface area contributed by atoms with Crippen LogP contribution in [0.15, 0.2) is 52.5 Å². The molecule has 0 radical (unpaired) electrons. The van der Waals surface area contributed by atoms with Crippen molar-refractivity contribution in [3.63, 3.8) is 0 Å². The lowest BCUT2D eigenvalue weighted by Gasteiger charge is -2.35. The molecule has 0 spiro atoms. The van der Waals surface area contributed by atoms with Gasteiger partial charge in [0.15, 0.2) is 11.1 Å². The number of nitrogens with zero attached hydrogens (tertiary/aromatic N) is 7. The quantitative estimate of drug-likeness (QED) is 0.0232. The van der Waals surface area contributed by atoms with Gasteiger partial charge in [0.2, 0.25) is 29.7 Å². The Kier molecular flexibility index (Phi) is 16.6. The first-order chi connectivity index (χ1) is 28.2. The van der Waals surface area contributed by atoms with Crippen LogP contribution < -0.4 is 26.2 Å². The summed E-state index contributed by atoms with van der Waals surface area (Å²) >= 11 is -2.60. The second-order valence-corrected chi connectivity index (χ2v) is 17.6. The first-order valence-electron chi connectivity index (χ1n) is 16.9. The number of rotatable bonds is 23. The van der Waals surface area contributed by atoms with Gasteiger partial charge in [0.1, 0.15) is 11.2 Å². The van der Waals surface area contributed by atoms with Crippen molar-refractivity contribution in [2.75, 3.05) is 77.2 Å². The molecule has 0 saturated carbocycles. The van der Waals surface area contributed by atoms with Crippen LogP contribution >= 0.6 is 0 Å². The summed E-state index contributed by atoms with van der Waals surface area (Å²) in [6.07, 6.45) is 3.62. The van der Waals surface area contributed by atoms with Crippen LogP contribution in [0.25, 0.3) is 12.2 Å². The largest absolute Gasteiger partial charge is 0.394 e. The minimum Gasteiger partial charge on any atom is -0.394 e. The van der Waals surface area contributed by atoms with Crippen molar-refractivity contribution in [1.29, 1.82) is 0 Å². The molecule has 60 heavy (non-hydrogen) atoms. The minimum atomic E-state index is -4.97. The molecule has 0 fully saturated rings. The molecule has 12 N–H and O–H groups in total. The number of nitrogens with one attached hydrogen (secondary N) is 4. The first-order valence-corrected chi connectivity index (χ1v) is 22.6. The summed E-state index contributed by atoms with van der Waals surface area (Å²) in [5.74, 6) is -2.53. The van der Waals surface area contributed by atoms with Gasteiger partial charge in [-0.05, 0) is 35.4 Å². The predicted molar refractivity (Wildman–Crippen MR) is 215 cm³/mol. The van der Waals surface area contributed by atoms with E-state index in [4.69, 9.17) is 9.11 Å². The fraction of sp³-hybridized carbons (Fsp3) is 0.333. The highest BCUT2D eigenvalue weighted by molar-refractivity contribution is 7.86. The van der Waals surface area contributed by atoms with E-state index >= 15 is 0 Å². The summed E-state index contributed by atoms with van der Waals surface area (Å²) in [5.41, 5.74) is 0.201. The van der Waals surface area contributed by atoms with Gasteiger partial charge in [-0.2, -0.15) is 45.2 Å². The van der Waals surface area contributed by atoms with Crippen molar-refractivity contribution in [3.05, 3.63) is 53.9 Å². The number of anilines is 7. The molecule has 1 atom stereocenters. The zero-order chi connectivity index (χ0) is 44.3. The lowest BCUT2D eigenvalue weighted by Crippen LogP contribution is -2.51. The van der Waals surface area contributed by atoms with Gasteiger partial charge < -0.3 is 51.1 Å². The molecule has 0 bridgehead atoms. The van der Waals surface area contributed by atoms with Crippen molar-refractivity contribution in [1.82, 2.24) is 29.9 Å². The predicted octanol–water partition coefficient (Wildman–Crippen LogP) is -1.35. The van der Waals surface area contributed by atoms with Gasteiger partial charge in [-0.15, -0.1) is 0 Å². The Hall–Kier alpha value is -5.12. The molecule has 0 aliphatic heterocycles. The summed E-state index contributed by atoms with van der Waals surface area (Å²) < 4.78 is 120. The molecule has 30 heteroatoms. The van der Waals surface area contributed by atoms with Gasteiger partial charge in [-0.25, -0.2) is 14.2 Å². The maximum atomic E-state index is 12.6. The van der Waals surface area contributed by atoms with Gasteiger partial charge in [0.25, 0.3) is 30.4 Å². The number of benzene rings is 2. The van der Waals surface area contributed by atoms with Gasteiger partial charge in [-0.3, -0.25) is 13.7 Å². The molecule has 0 amide bonds. The van der Waals surface area contributed by atoms with E-state index in [1.165, 1.54) is 42.5 Å². The molecule has 2 heterocycles. The molecule has 1 unspecified atom stereocenters. The summed E-state index contributed by atoms with van der Waals surface area (Å²) in [6, 6.07) is 5.33. The lowest BCUT2D eigenvalue weighted by atomic mass is 10.1. The summed E-state index contributed by atoms with van der Waals surface area (Å²) in [7, 11) is -13.6. The Labute approximate surface area is 344 Å². The van der Waals surface area contributed by atoms with Gasteiger partial charge in [0.05, 0.1) is 54.9 Å². The summed E-state index contributed by atoms with van der Waals surface area (Å²) in [5, 5.41) is 50.2. The number of aromatic nitrogens is 6. The average Bonchev–Trinajstić information content (AvgIpc) is 3.16. The standard InChI is InChI=1S/C30H39N11O15S4/c42-13-22(14-43)41(23(15-44)16-45)30-39-27(32-8-10-59(51,52)53)38-29(40-30)36-21-6-4-19(25(12-21)60(54,55)56)2-1-18-3-5-20(11-24(18)57(46)47)35-28-34-17-33-26(37-28)31-7-9-58(48,49)50/h1-6,11-12,17,22-23,42-45H,7-10,13-16H2,(H,46,47)(H,48,49,50)(H,51,52,53)(H,54,55,56)(H2,31,33,34,35,37)(H2,32,36,38,39,40). The molecule has 0 aliphatic carbocycles. The van der Waals surface area contributed by atoms with Crippen LogP contribution in [-0.2, 0) is 41.4 Å². The van der Waals surface area contributed by atoms with Crippen LogP contribution in [0.2, 0.25) is 0 Å². The van der Waals surface area contributed by atoms with E-state index < -0.39 is 103 Å². The van der Waals surface area contributed by atoms with E-state index in [0.29, 0.717) is 0 Å². The van der Waals surface area contributed by atoms with Gasteiger partial charge in [-0.1, -0.05) is 24.3 Å². The first kappa shape index (κ1) is 47.6. The van der Waals surface area contributed by atoms with Crippen molar-refractivity contribution in [2.24, 2.45) is 0 Å². The average molecular weight is 922 g/mol. The van der Waals surface area contributed by atoms with Crippen LogP contribution in [-0.4, -0.2) is 161 Å². The molecule has 4 rings (SSSR count). The molecule has 2 aromatic carbocycles. The number of hydrogen-bond acceptors (Lipinski definition) is 22. The van der Waals surface area contributed by atoms with Crippen molar-refractivity contribution < 1.29 is 68.1 Å². The van der Waals surface area contributed by atoms with E-state index in [9.17, 15) is 59.0 Å². The fourth-order valence-electron chi connectivity index (χ4n) is 5.04. The Morgan fingerprint density at radius 2 is 1.13 bits per heavy atom. The second kappa shape index (κ2) is 20.9. The number of aliphatic hydroxyl groups excluding tert-OH is 4. The Morgan fingerprint density at radius 1 is 0.650 bits per heavy atom. The number of aliphatic hydroxyl groups is 4. The van der Waals surface area contributed by atoms with E-state index in [2.05, 4.69) is 51.2 Å². The van der Waals surface area contributed by atoms with Crippen LogP contribution in [0.5, 0.6) is 0 Å². The molecule has 0 aliphatic rings. The zero-order valence-electron chi connectivity index (χ0n) is 30.7. The highest BCUT2D eigenvalue weighted by atomic mass is 32.2. The van der Waals surface area contributed by atoms with Crippen LogP contribution in [0.1, 0.15) is 11.1 Å². The molecule has 2 aromatic heterocycles. The molecular weight excluding hydrogens is 883 g/mol. The van der Waals surface area contributed by atoms with Crippen LogP contribution in [0.3, 0.4) is 0 Å². The second-order valence-electron chi connectivity index (χ2n) is 12.1. The van der Waals surface area contributed by atoms with Crippen LogP contribution in [0.4, 0.5) is 41.1 Å². The third-order valence-electron chi connectivity index (χ3n) is 7.79. The van der Waals surface area contributed by atoms with Gasteiger partial charge >= 0.3 is 0 Å². The Morgan fingerprint density at radius 3 is 1.68 bits per heavy atom. The minimum absolute atomic E-state index is 0.0405. The number of hydrogen-bond donors (Lipinski definition) is 12. The molecular formula is C30H39N11O15S4. The maximum absolute atomic E-state index is 12.6. The van der Waals surface area contributed by atoms with E-state index in [0.717, 1.165) is 17.3 Å². The third kappa shape index (κ3) is 14.3. The van der Waals surface area contributed by atoms with Crippen molar-refractivity contribution >= 4 is 94.7 Å². The highest BCUT2D eigenvalue weighted by Crippen LogP contribution is 2.28. The van der Waals surface area contributed by atoms with E-state index in [1.54, 1.807) is 0 Å². The zero-order valence-corrected chi connectivity index (χ0v) is 34.0. The van der Waals surface area contributed by atoms with E-state index in [1.807, 2.05) is 0 Å². The molecule has 26 nitrogen and oxygen atoms in total. The van der Waals surface area contributed by atoms with E-state index in [-0.39, 0.29) is 63.7 Å². The highest BCUT2D eigenvalue weighted by Gasteiger charge is 2.29. The summed E-state index contributed by atoms with van der Waals surface area (Å²) in [4.78, 5) is 24.5. The normalized spacial score (nSPS) is 12.8. The maximum Gasteiger partial charge on any atom is 0.295 e. The Bertz CT molecular complexity index is 2500. The smallest absolute Gasteiger partial charge is 0.295 e. The monoisotopic (exact) mass is 921 g/mol. The summed E-state index contributed by atoms with van der Waals surface area (Å²) in [6.45, 7) is -3.46. The van der Waals surface area contributed by atoms with Gasteiger partial charge in [0, 0.05) is 24.5 Å². The fourth-order valence-corrected chi connectivity index (χ4v) is 7.04. The molecule has 0 saturated heterocycles. The third-order valence-corrected chi connectivity index (χ3v) is 10.9. The topological polar surface area (TPSA) is 410 Å².